The van der Waals surface area contributed by atoms with Crippen LogP contribution in [0.2, 0.25) is 0 Å². The molecule has 0 N–H and O–H groups in total. The zero-order chi connectivity index (χ0) is 9.73. The fraction of sp³-hybridized carbons (Fsp3) is 1.00. The van der Waals surface area contributed by atoms with Crippen LogP contribution >= 0.6 is 18.2 Å². The highest BCUT2D eigenvalue weighted by Gasteiger charge is 2.28. The summed E-state index contributed by atoms with van der Waals surface area (Å²) in [5.74, 6) is 0. The fourth-order valence-electron chi connectivity index (χ4n) is 1.51. The van der Waals surface area contributed by atoms with E-state index in [-0.39, 0.29) is 0 Å². The molecule has 1 fully saturated rings. The summed E-state index contributed by atoms with van der Waals surface area (Å²) in [7, 11) is 2.89. The SMILES string of the molecule is COP(=O)(OC)SC1CCCCC1. The standard InChI is InChI=1S/C8H17O3PS/c1-10-12(9,11-2)13-8-6-4-3-5-7-8/h8H,3-7H2,1-2H3. The number of hydrogen-bond acceptors (Lipinski definition) is 4. The second-order valence-corrected chi connectivity index (χ2v) is 7.65. The molecule has 0 aromatic carbocycles. The quantitative estimate of drug-likeness (QED) is 0.685. The van der Waals surface area contributed by atoms with Crippen LogP contribution in [0.25, 0.3) is 0 Å². The maximum absolute atomic E-state index is 11.7. The molecular formula is C8H17O3PS. The summed E-state index contributed by atoms with van der Waals surface area (Å²) in [5.41, 5.74) is 0. The molecule has 5 heteroatoms. The Balaban J connectivity index is 2.40. The third-order valence-electron chi connectivity index (χ3n) is 2.28. The first kappa shape index (κ1) is 11.6. The van der Waals surface area contributed by atoms with Crippen LogP contribution in [0.5, 0.6) is 0 Å². The van der Waals surface area contributed by atoms with Crippen molar-refractivity contribution in [3.63, 3.8) is 0 Å². The van der Waals surface area contributed by atoms with E-state index >= 15 is 0 Å². The lowest BCUT2D eigenvalue weighted by Crippen LogP contribution is -2.08. The molecule has 0 aliphatic heterocycles. The Morgan fingerprint density at radius 1 is 1.15 bits per heavy atom. The molecule has 0 atom stereocenters. The molecule has 1 aliphatic rings. The minimum Gasteiger partial charge on any atom is -0.304 e. The van der Waals surface area contributed by atoms with Crippen LogP contribution in [0, 0.1) is 0 Å². The van der Waals surface area contributed by atoms with Gasteiger partial charge in [0, 0.05) is 19.5 Å². The van der Waals surface area contributed by atoms with E-state index in [0.717, 1.165) is 12.8 Å². The zero-order valence-electron chi connectivity index (χ0n) is 8.19. The van der Waals surface area contributed by atoms with Crippen LogP contribution in [0.15, 0.2) is 0 Å². The normalized spacial score (nSPS) is 20.5. The second kappa shape index (κ2) is 5.40. The van der Waals surface area contributed by atoms with Crippen molar-refractivity contribution in [1.29, 1.82) is 0 Å². The van der Waals surface area contributed by atoms with Crippen molar-refractivity contribution in [2.75, 3.05) is 14.2 Å². The molecule has 0 unspecified atom stereocenters. The Hall–Kier alpha value is 0.500. The Labute approximate surface area is 83.8 Å². The first-order valence-electron chi connectivity index (χ1n) is 4.60. The molecule has 1 saturated carbocycles. The summed E-state index contributed by atoms with van der Waals surface area (Å²) in [5, 5.41) is 0.458. The van der Waals surface area contributed by atoms with Crippen molar-refractivity contribution < 1.29 is 13.6 Å². The Morgan fingerprint density at radius 2 is 1.69 bits per heavy atom. The maximum atomic E-state index is 11.7. The van der Waals surface area contributed by atoms with Crippen LogP contribution in [0.3, 0.4) is 0 Å². The van der Waals surface area contributed by atoms with Crippen LogP contribution < -0.4 is 0 Å². The molecule has 1 rings (SSSR count). The van der Waals surface area contributed by atoms with Crippen LogP contribution in [0.4, 0.5) is 0 Å². The average molecular weight is 224 g/mol. The van der Waals surface area contributed by atoms with Gasteiger partial charge >= 0.3 is 6.80 Å². The van der Waals surface area contributed by atoms with Crippen LogP contribution in [-0.4, -0.2) is 19.5 Å². The van der Waals surface area contributed by atoms with Crippen molar-refractivity contribution in [2.24, 2.45) is 0 Å². The van der Waals surface area contributed by atoms with Gasteiger partial charge in [-0.1, -0.05) is 19.3 Å². The van der Waals surface area contributed by atoms with Gasteiger partial charge in [-0.25, -0.2) is 4.57 Å². The lowest BCUT2D eigenvalue weighted by molar-refractivity contribution is 0.295. The molecule has 13 heavy (non-hydrogen) atoms. The molecule has 0 radical (unpaired) electrons. The summed E-state index contributed by atoms with van der Waals surface area (Å²) in [6, 6.07) is 0. The molecule has 1 aliphatic carbocycles. The smallest absolute Gasteiger partial charge is 0.304 e. The average Bonchev–Trinajstić information content (AvgIpc) is 2.19. The molecule has 0 amide bonds. The van der Waals surface area contributed by atoms with Gasteiger partial charge in [0.2, 0.25) is 0 Å². The summed E-state index contributed by atoms with van der Waals surface area (Å²) in [6.07, 6.45) is 6.07. The minimum absolute atomic E-state index is 0.458. The van der Waals surface area contributed by atoms with Crippen molar-refractivity contribution in [3.05, 3.63) is 0 Å². The van der Waals surface area contributed by atoms with Crippen LogP contribution in [0.1, 0.15) is 32.1 Å². The summed E-state index contributed by atoms with van der Waals surface area (Å²) in [6.45, 7) is -2.83. The second-order valence-electron chi connectivity index (χ2n) is 3.18. The van der Waals surface area contributed by atoms with E-state index in [1.165, 1.54) is 44.9 Å². The highest BCUT2D eigenvalue weighted by atomic mass is 32.7. The molecule has 3 nitrogen and oxygen atoms in total. The van der Waals surface area contributed by atoms with E-state index in [1.54, 1.807) is 0 Å². The zero-order valence-corrected chi connectivity index (χ0v) is 9.90. The Morgan fingerprint density at radius 3 is 2.15 bits per heavy atom. The molecular weight excluding hydrogens is 207 g/mol. The van der Waals surface area contributed by atoms with Crippen molar-refractivity contribution in [2.45, 2.75) is 37.4 Å². The highest BCUT2D eigenvalue weighted by Crippen LogP contribution is 2.62. The maximum Gasteiger partial charge on any atom is 0.388 e. The van der Waals surface area contributed by atoms with E-state index < -0.39 is 6.80 Å². The van der Waals surface area contributed by atoms with E-state index in [9.17, 15) is 4.57 Å². The molecule has 0 heterocycles. The summed E-state index contributed by atoms with van der Waals surface area (Å²) < 4.78 is 21.5. The first-order chi connectivity index (χ1) is 6.20. The van der Waals surface area contributed by atoms with Gasteiger partial charge in [0.05, 0.1) is 0 Å². The van der Waals surface area contributed by atoms with Gasteiger partial charge in [-0.15, -0.1) is 0 Å². The lowest BCUT2D eigenvalue weighted by Gasteiger charge is -2.23. The first-order valence-corrected chi connectivity index (χ1v) is 7.63. The number of hydrogen-bond donors (Lipinski definition) is 0. The number of rotatable bonds is 4. The predicted molar refractivity (Wildman–Crippen MR) is 56.1 cm³/mol. The van der Waals surface area contributed by atoms with E-state index in [4.69, 9.17) is 9.05 Å². The van der Waals surface area contributed by atoms with Gasteiger partial charge in [-0.05, 0) is 24.2 Å². The lowest BCUT2D eigenvalue weighted by atomic mass is 10.0. The molecule has 0 bridgehead atoms. The third kappa shape index (κ3) is 3.62. The molecule has 0 aromatic heterocycles. The van der Waals surface area contributed by atoms with E-state index in [1.807, 2.05) is 0 Å². The van der Waals surface area contributed by atoms with Crippen LogP contribution in [-0.2, 0) is 13.6 Å². The third-order valence-corrected chi connectivity index (χ3v) is 6.76. The van der Waals surface area contributed by atoms with Gasteiger partial charge in [0.25, 0.3) is 0 Å². The molecule has 0 aromatic rings. The Bertz CT molecular complexity index is 184. The van der Waals surface area contributed by atoms with Crippen molar-refractivity contribution in [3.8, 4) is 0 Å². The molecule has 0 spiro atoms. The van der Waals surface area contributed by atoms with Crippen molar-refractivity contribution >= 4 is 18.2 Å². The minimum atomic E-state index is -2.83. The van der Waals surface area contributed by atoms with Gasteiger partial charge in [-0.2, -0.15) is 0 Å². The Kier molecular flexibility index (Phi) is 4.81. The van der Waals surface area contributed by atoms with E-state index in [0.29, 0.717) is 5.25 Å². The predicted octanol–water partition coefficient (Wildman–Crippen LogP) is 3.45. The summed E-state index contributed by atoms with van der Waals surface area (Å²) >= 11 is 1.38. The van der Waals surface area contributed by atoms with Gasteiger partial charge in [0.15, 0.2) is 0 Å². The summed E-state index contributed by atoms with van der Waals surface area (Å²) in [4.78, 5) is 0. The van der Waals surface area contributed by atoms with Crippen molar-refractivity contribution in [1.82, 2.24) is 0 Å². The van der Waals surface area contributed by atoms with Gasteiger partial charge in [0.1, 0.15) is 0 Å². The molecule has 78 valence electrons. The van der Waals surface area contributed by atoms with Gasteiger partial charge in [-0.3, -0.25) is 0 Å². The fourth-order valence-corrected chi connectivity index (χ4v) is 4.99. The highest BCUT2D eigenvalue weighted by molar-refractivity contribution is 8.55. The molecule has 0 saturated heterocycles. The van der Waals surface area contributed by atoms with E-state index in [2.05, 4.69) is 0 Å². The topological polar surface area (TPSA) is 35.5 Å². The van der Waals surface area contributed by atoms with Gasteiger partial charge < -0.3 is 9.05 Å². The largest absolute Gasteiger partial charge is 0.388 e. The monoisotopic (exact) mass is 224 g/mol.